The van der Waals surface area contributed by atoms with Gasteiger partial charge in [-0.15, -0.1) is 0 Å². The molecule has 2 aromatic carbocycles. The number of rotatable bonds is 8. The van der Waals surface area contributed by atoms with Gasteiger partial charge in [0.2, 0.25) is 0 Å². The topological polar surface area (TPSA) is 81.7 Å². The molecule has 6 nitrogen and oxygen atoms in total. The van der Waals surface area contributed by atoms with Crippen LogP contribution >= 0.6 is 0 Å². The quantitative estimate of drug-likeness (QED) is 0.747. The van der Waals surface area contributed by atoms with Crippen molar-refractivity contribution in [2.45, 2.75) is 18.7 Å². The third-order valence-electron chi connectivity index (χ3n) is 3.78. The molecule has 1 amide bonds. The molecule has 0 unspecified atom stereocenters. The SMILES string of the molecule is C/C=C\c1ccc(OCC(=O)Nc2ccc(S(=O)(=O)CC)cc2)c(OC)c1. The smallest absolute Gasteiger partial charge is 0.262 e. The van der Waals surface area contributed by atoms with Crippen molar-refractivity contribution in [3.05, 3.63) is 54.1 Å². The molecule has 0 atom stereocenters. The van der Waals surface area contributed by atoms with Gasteiger partial charge in [-0.1, -0.05) is 25.1 Å². The van der Waals surface area contributed by atoms with Gasteiger partial charge in [0.1, 0.15) is 0 Å². The Morgan fingerprint density at radius 1 is 1.11 bits per heavy atom. The molecule has 0 aromatic heterocycles. The largest absolute Gasteiger partial charge is 0.493 e. The fourth-order valence-electron chi connectivity index (χ4n) is 2.35. The first-order valence-electron chi connectivity index (χ1n) is 8.45. The van der Waals surface area contributed by atoms with E-state index < -0.39 is 9.84 Å². The number of carbonyl (C=O) groups excluding carboxylic acids is 1. The van der Waals surface area contributed by atoms with E-state index in [1.165, 1.54) is 19.2 Å². The van der Waals surface area contributed by atoms with Gasteiger partial charge in [-0.3, -0.25) is 4.79 Å². The predicted molar refractivity (Wildman–Crippen MR) is 106 cm³/mol. The average Bonchev–Trinajstić information content (AvgIpc) is 2.67. The van der Waals surface area contributed by atoms with Crippen LogP contribution in [0.15, 0.2) is 53.4 Å². The number of carbonyl (C=O) groups is 1. The molecule has 0 fully saturated rings. The van der Waals surface area contributed by atoms with E-state index >= 15 is 0 Å². The molecule has 7 heteroatoms. The number of ether oxygens (including phenoxy) is 2. The minimum absolute atomic E-state index is 0.0290. The Morgan fingerprint density at radius 3 is 2.41 bits per heavy atom. The zero-order valence-corrected chi connectivity index (χ0v) is 16.4. The molecule has 144 valence electrons. The third kappa shape index (κ3) is 5.59. The standard InChI is InChI=1S/C20H23NO5S/c1-4-6-15-7-12-18(19(13-15)25-3)26-14-20(22)21-16-8-10-17(11-9-16)27(23,24)5-2/h4,6-13H,5,14H2,1-3H3,(H,21,22)/b6-4-. The number of methoxy groups -OCH3 is 1. The molecular formula is C20H23NO5S. The number of sulfone groups is 1. The van der Waals surface area contributed by atoms with E-state index in [0.29, 0.717) is 17.2 Å². The monoisotopic (exact) mass is 389 g/mol. The molecule has 0 heterocycles. The molecule has 0 aliphatic rings. The van der Waals surface area contributed by atoms with Crippen molar-refractivity contribution in [2.75, 3.05) is 24.8 Å². The molecule has 0 spiro atoms. The van der Waals surface area contributed by atoms with E-state index in [-0.39, 0.29) is 23.2 Å². The fourth-order valence-corrected chi connectivity index (χ4v) is 3.24. The third-order valence-corrected chi connectivity index (χ3v) is 5.53. The number of anilines is 1. The first-order chi connectivity index (χ1) is 12.9. The van der Waals surface area contributed by atoms with Crippen LogP contribution in [0.4, 0.5) is 5.69 Å². The summed E-state index contributed by atoms with van der Waals surface area (Å²) in [6, 6.07) is 11.5. The van der Waals surface area contributed by atoms with Crippen LogP contribution in [0.3, 0.4) is 0 Å². The van der Waals surface area contributed by atoms with Crippen LogP contribution < -0.4 is 14.8 Å². The lowest BCUT2D eigenvalue weighted by atomic mass is 10.2. The van der Waals surface area contributed by atoms with Crippen LogP contribution in [0.5, 0.6) is 11.5 Å². The van der Waals surface area contributed by atoms with Gasteiger partial charge in [-0.2, -0.15) is 0 Å². The zero-order chi connectivity index (χ0) is 19.9. The predicted octanol–water partition coefficient (Wildman–Crippen LogP) is 3.54. The molecule has 1 N–H and O–H groups in total. The van der Waals surface area contributed by atoms with Crippen LogP contribution in [0, 0.1) is 0 Å². The van der Waals surface area contributed by atoms with Crippen LogP contribution in [0.25, 0.3) is 6.08 Å². The van der Waals surface area contributed by atoms with E-state index in [4.69, 9.17) is 9.47 Å². The first-order valence-corrected chi connectivity index (χ1v) is 10.1. The van der Waals surface area contributed by atoms with Gasteiger partial charge in [-0.05, 0) is 48.9 Å². The van der Waals surface area contributed by atoms with Crippen LogP contribution in [0.1, 0.15) is 19.4 Å². The van der Waals surface area contributed by atoms with E-state index in [9.17, 15) is 13.2 Å². The maximum atomic E-state index is 12.1. The molecular weight excluding hydrogens is 366 g/mol. The normalized spacial score (nSPS) is 11.4. The van der Waals surface area contributed by atoms with Gasteiger partial charge in [0.15, 0.2) is 27.9 Å². The summed E-state index contributed by atoms with van der Waals surface area (Å²) in [5, 5.41) is 2.67. The molecule has 0 bridgehead atoms. The van der Waals surface area contributed by atoms with Gasteiger partial charge < -0.3 is 14.8 Å². The summed E-state index contributed by atoms with van der Waals surface area (Å²) in [6.45, 7) is 3.31. The summed E-state index contributed by atoms with van der Waals surface area (Å²) in [4.78, 5) is 12.3. The van der Waals surface area contributed by atoms with Crippen molar-refractivity contribution in [3.8, 4) is 11.5 Å². The zero-order valence-electron chi connectivity index (χ0n) is 15.6. The maximum absolute atomic E-state index is 12.1. The van der Waals surface area contributed by atoms with Gasteiger partial charge in [-0.25, -0.2) is 8.42 Å². The Bertz CT molecular complexity index is 918. The molecule has 2 rings (SSSR count). The number of hydrogen-bond donors (Lipinski definition) is 1. The minimum atomic E-state index is -3.26. The summed E-state index contributed by atoms with van der Waals surface area (Å²) < 4.78 is 34.4. The first kappa shape index (κ1) is 20.5. The number of benzene rings is 2. The van der Waals surface area contributed by atoms with E-state index in [1.54, 1.807) is 25.1 Å². The summed E-state index contributed by atoms with van der Waals surface area (Å²) in [7, 11) is -1.73. The molecule has 0 saturated heterocycles. The van der Waals surface area contributed by atoms with E-state index in [0.717, 1.165) is 5.56 Å². The number of nitrogens with one attached hydrogen (secondary N) is 1. The summed E-state index contributed by atoms with van der Waals surface area (Å²) in [6.07, 6.45) is 3.85. The lowest BCUT2D eigenvalue weighted by molar-refractivity contribution is -0.118. The lowest BCUT2D eigenvalue weighted by Gasteiger charge is -2.12. The Balaban J connectivity index is 1.98. The number of hydrogen-bond acceptors (Lipinski definition) is 5. The van der Waals surface area contributed by atoms with Crippen molar-refractivity contribution in [2.24, 2.45) is 0 Å². The highest BCUT2D eigenvalue weighted by Crippen LogP contribution is 2.28. The second-order valence-electron chi connectivity index (χ2n) is 5.67. The Labute approximate surface area is 159 Å². The average molecular weight is 389 g/mol. The minimum Gasteiger partial charge on any atom is -0.493 e. The molecule has 27 heavy (non-hydrogen) atoms. The lowest BCUT2D eigenvalue weighted by Crippen LogP contribution is -2.20. The van der Waals surface area contributed by atoms with Crippen LogP contribution in [0.2, 0.25) is 0 Å². The maximum Gasteiger partial charge on any atom is 0.262 e. The van der Waals surface area contributed by atoms with Crippen molar-refractivity contribution < 1.29 is 22.7 Å². The van der Waals surface area contributed by atoms with Crippen LogP contribution in [-0.4, -0.2) is 33.8 Å². The number of amides is 1. The van der Waals surface area contributed by atoms with Gasteiger partial charge >= 0.3 is 0 Å². The summed E-state index contributed by atoms with van der Waals surface area (Å²) in [5.74, 6) is 0.666. The molecule has 0 aliphatic heterocycles. The number of allylic oxidation sites excluding steroid dienone is 1. The molecule has 0 radical (unpaired) electrons. The van der Waals surface area contributed by atoms with Crippen molar-refractivity contribution >= 4 is 27.5 Å². The second-order valence-corrected chi connectivity index (χ2v) is 7.95. The van der Waals surface area contributed by atoms with E-state index in [2.05, 4.69) is 5.32 Å². The van der Waals surface area contributed by atoms with Gasteiger partial charge in [0.25, 0.3) is 5.91 Å². The summed E-state index contributed by atoms with van der Waals surface area (Å²) in [5.41, 5.74) is 1.46. The molecule has 0 saturated carbocycles. The fraction of sp³-hybridized carbons (Fsp3) is 0.250. The Hall–Kier alpha value is -2.80. The molecule has 2 aromatic rings. The second kappa shape index (κ2) is 9.23. The van der Waals surface area contributed by atoms with Crippen molar-refractivity contribution in [1.82, 2.24) is 0 Å². The van der Waals surface area contributed by atoms with Crippen molar-refractivity contribution in [3.63, 3.8) is 0 Å². The van der Waals surface area contributed by atoms with Crippen molar-refractivity contribution in [1.29, 1.82) is 0 Å². The highest BCUT2D eigenvalue weighted by molar-refractivity contribution is 7.91. The Kier molecular flexibility index (Phi) is 7.01. The highest BCUT2D eigenvalue weighted by Gasteiger charge is 2.12. The summed E-state index contributed by atoms with van der Waals surface area (Å²) >= 11 is 0. The highest BCUT2D eigenvalue weighted by atomic mass is 32.2. The van der Waals surface area contributed by atoms with Gasteiger partial charge in [0, 0.05) is 5.69 Å². The van der Waals surface area contributed by atoms with Gasteiger partial charge in [0.05, 0.1) is 17.8 Å². The van der Waals surface area contributed by atoms with Crippen LogP contribution in [-0.2, 0) is 14.6 Å². The van der Waals surface area contributed by atoms with E-state index in [1.807, 2.05) is 31.2 Å². The Morgan fingerprint density at radius 2 is 1.81 bits per heavy atom. The molecule has 0 aliphatic carbocycles.